The second-order valence-corrected chi connectivity index (χ2v) is 5.04. The first-order valence-corrected chi connectivity index (χ1v) is 7.27. The molecule has 0 bridgehead atoms. The van der Waals surface area contributed by atoms with E-state index in [2.05, 4.69) is 5.32 Å². The number of hydrogen-bond donors (Lipinski definition) is 2. The molecule has 2 aromatic rings. The Kier molecular flexibility index (Phi) is 5.31. The van der Waals surface area contributed by atoms with E-state index in [4.69, 9.17) is 0 Å². The second-order valence-electron chi connectivity index (χ2n) is 5.04. The van der Waals surface area contributed by atoms with E-state index in [-0.39, 0.29) is 18.7 Å². The first kappa shape index (κ1) is 15.8. The molecule has 0 fully saturated rings. The summed E-state index contributed by atoms with van der Waals surface area (Å²) in [5.74, 6) is -1.28. The average molecular weight is 297 g/mol. The van der Waals surface area contributed by atoms with Crippen LogP contribution in [0, 0.1) is 0 Å². The molecule has 4 nitrogen and oxygen atoms in total. The zero-order valence-corrected chi connectivity index (χ0v) is 12.5. The lowest BCUT2D eigenvalue weighted by molar-refractivity contribution is -0.141. The maximum absolute atomic E-state index is 11.5. The van der Waals surface area contributed by atoms with E-state index < -0.39 is 12.0 Å². The molecule has 0 saturated heterocycles. The van der Waals surface area contributed by atoms with Crippen molar-refractivity contribution in [3.05, 3.63) is 60.2 Å². The van der Waals surface area contributed by atoms with Crippen molar-refractivity contribution < 1.29 is 14.7 Å². The summed E-state index contributed by atoms with van der Waals surface area (Å²) >= 11 is 0. The Balaban J connectivity index is 2.28. The molecule has 2 N–H and O–H groups in total. The Morgan fingerprint density at radius 2 is 1.68 bits per heavy atom. The number of amides is 1. The van der Waals surface area contributed by atoms with E-state index in [1.807, 2.05) is 54.6 Å². The van der Waals surface area contributed by atoms with Gasteiger partial charge in [-0.3, -0.25) is 4.79 Å². The quantitative estimate of drug-likeness (QED) is 0.861. The number of hydrogen-bond acceptors (Lipinski definition) is 2. The Hall–Kier alpha value is -2.62. The van der Waals surface area contributed by atoms with Crippen molar-refractivity contribution in [1.29, 1.82) is 0 Å². The van der Waals surface area contributed by atoms with E-state index in [1.54, 1.807) is 6.92 Å². The zero-order valence-electron chi connectivity index (χ0n) is 12.5. The van der Waals surface area contributed by atoms with Crippen molar-refractivity contribution in [2.45, 2.75) is 25.8 Å². The highest BCUT2D eigenvalue weighted by molar-refractivity contribution is 5.84. The first-order valence-electron chi connectivity index (χ1n) is 7.27. The molecule has 22 heavy (non-hydrogen) atoms. The fourth-order valence-corrected chi connectivity index (χ4v) is 2.31. The number of carboxylic acid groups (broad SMARTS) is 1. The summed E-state index contributed by atoms with van der Waals surface area (Å²) in [4.78, 5) is 22.9. The van der Waals surface area contributed by atoms with Gasteiger partial charge in [-0.1, -0.05) is 61.5 Å². The van der Waals surface area contributed by atoms with Crippen LogP contribution in [0.3, 0.4) is 0 Å². The average Bonchev–Trinajstić information content (AvgIpc) is 2.55. The number of rotatable bonds is 6. The normalized spacial score (nSPS) is 11.7. The number of aliphatic carboxylic acids is 1. The van der Waals surface area contributed by atoms with E-state index >= 15 is 0 Å². The highest BCUT2D eigenvalue weighted by Crippen LogP contribution is 2.24. The monoisotopic (exact) mass is 297 g/mol. The Morgan fingerprint density at radius 3 is 2.32 bits per heavy atom. The van der Waals surface area contributed by atoms with Gasteiger partial charge in [0, 0.05) is 12.8 Å². The third-order valence-corrected chi connectivity index (χ3v) is 3.48. The SMILES string of the molecule is CCC(=O)N[C@@H](Cc1ccccc1-c1ccccc1)C(=O)O. The molecule has 2 aromatic carbocycles. The van der Waals surface area contributed by atoms with E-state index in [9.17, 15) is 14.7 Å². The molecule has 4 heteroatoms. The minimum absolute atomic E-state index is 0.256. The van der Waals surface area contributed by atoms with Crippen LogP contribution in [0.5, 0.6) is 0 Å². The lowest BCUT2D eigenvalue weighted by atomic mass is 9.95. The number of nitrogens with one attached hydrogen (secondary N) is 1. The van der Waals surface area contributed by atoms with Crippen LogP contribution in [-0.2, 0) is 16.0 Å². The number of carbonyl (C=O) groups is 2. The van der Waals surface area contributed by atoms with Gasteiger partial charge in [-0.15, -0.1) is 0 Å². The molecule has 0 radical (unpaired) electrons. The summed E-state index contributed by atoms with van der Waals surface area (Å²) in [6.07, 6.45) is 0.524. The highest BCUT2D eigenvalue weighted by Gasteiger charge is 2.21. The Bertz CT molecular complexity index is 652. The topological polar surface area (TPSA) is 66.4 Å². The van der Waals surface area contributed by atoms with Gasteiger partial charge in [-0.05, 0) is 16.7 Å². The molecule has 0 spiro atoms. The van der Waals surface area contributed by atoms with Crippen LogP contribution in [0.15, 0.2) is 54.6 Å². The molecule has 0 aliphatic carbocycles. The summed E-state index contributed by atoms with van der Waals surface area (Å²) in [6.45, 7) is 1.70. The van der Waals surface area contributed by atoms with Crippen molar-refractivity contribution >= 4 is 11.9 Å². The molecule has 0 aliphatic heterocycles. The predicted molar refractivity (Wildman–Crippen MR) is 85.4 cm³/mol. The third-order valence-electron chi connectivity index (χ3n) is 3.48. The lowest BCUT2D eigenvalue weighted by Gasteiger charge is -2.16. The van der Waals surface area contributed by atoms with Gasteiger partial charge < -0.3 is 10.4 Å². The van der Waals surface area contributed by atoms with Crippen molar-refractivity contribution in [2.24, 2.45) is 0 Å². The molecule has 1 amide bonds. The molecule has 0 aromatic heterocycles. The van der Waals surface area contributed by atoms with Gasteiger partial charge in [0.15, 0.2) is 0 Å². The molecule has 0 aliphatic rings. The maximum atomic E-state index is 11.5. The maximum Gasteiger partial charge on any atom is 0.326 e. The van der Waals surface area contributed by atoms with Crippen molar-refractivity contribution in [2.75, 3.05) is 0 Å². The molecule has 0 unspecified atom stereocenters. The fourth-order valence-electron chi connectivity index (χ4n) is 2.31. The van der Waals surface area contributed by atoms with Crippen molar-refractivity contribution in [1.82, 2.24) is 5.32 Å². The minimum Gasteiger partial charge on any atom is -0.480 e. The van der Waals surface area contributed by atoms with Crippen LogP contribution in [0.4, 0.5) is 0 Å². The lowest BCUT2D eigenvalue weighted by Crippen LogP contribution is -2.42. The van der Waals surface area contributed by atoms with Crippen LogP contribution in [-0.4, -0.2) is 23.0 Å². The molecule has 1 atom stereocenters. The standard InChI is InChI=1S/C18H19NO3/c1-2-17(20)19-16(18(21)22)12-14-10-6-7-11-15(14)13-8-4-3-5-9-13/h3-11,16H,2,12H2,1H3,(H,19,20)(H,21,22)/t16-/m0/s1. The molecule has 114 valence electrons. The summed E-state index contributed by atoms with van der Waals surface area (Å²) in [5.41, 5.74) is 2.92. The largest absolute Gasteiger partial charge is 0.480 e. The van der Waals surface area contributed by atoms with Crippen LogP contribution < -0.4 is 5.32 Å². The highest BCUT2D eigenvalue weighted by atomic mass is 16.4. The van der Waals surface area contributed by atoms with Gasteiger partial charge in [0.05, 0.1) is 0 Å². The van der Waals surface area contributed by atoms with Gasteiger partial charge in [-0.2, -0.15) is 0 Å². The van der Waals surface area contributed by atoms with Crippen LogP contribution >= 0.6 is 0 Å². The molecular weight excluding hydrogens is 278 g/mol. The summed E-state index contributed by atoms with van der Waals surface area (Å²) in [6, 6.07) is 16.5. The Morgan fingerprint density at radius 1 is 1.05 bits per heavy atom. The molecule has 2 rings (SSSR count). The van der Waals surface area contributed by atoms with Gasteiger partial charge in [0.25, 0.3) is 0 Å². The van der Waals surface area contributed by atoms with Crippen LogP contribution in [0.1, 0.15) is 18.9 Å². The zero-order chi connectivity index (χ0) is 15.9. The molecule has 0 heterocycles. The molecular formula is C18H19NO3. The third kappa shape index (κ3) is 3.95. The van der Waals surface area contributed by atoms with Gasteiger partial charge in [0.2, 0.25) is 5.91 Å². The molecule has 0 saturated carbocycles. The predicted octanol–water partition coefficient (Wildman–Crippen LogP) is 2.88. The van der Waals surface area contributed by atoms with Crippen molar-refractivity contribution in [3.8, 4) is 11.1 Å². The number of carbonyl (C=O) groups excluding carboxylic acids is 1. The van der Waals surface area contributed by atoms with E-state index in [0.717, 1.165) is 16.7 Å². The smallest absolute Gasteiger partial charge is 0.326 e. The van der Waals surface area contributed by atoms with Gasteiger partial charge in [0.1, 0.15) is 6.04 Å². The summed E-state index contributed by atoms with van der Waals surface area (Å²) < 4.78 is 0. The van der Waals surface area contributed by atoms with Crippen LogP contribution in [0.25, 0.3) is 11.1 Å². The van der Waals surface area contributed by atoms with Crippen LogP contribution in [0.2, 0.25) is 0 Å². The fraction of sp³-hybridized carbons (Fsp3) is 0.222. The van der Waals surface area contributed by atoms with Gasteiger partial charge in [-0.25, -0.2) is 4.79 Å². The van der Waals surface area contributed by atoms with Gasteiger partial charge >= 0.3 is 5.97 Å². The van der Waals surface area contributed by atoms with Crippen molar-refractivity contribution in [3.63, 3.8) is 0 Å². The van der Waals surface area contributed by atoms with E-state index in [1.165, 1.54) is 0 Å². The first-order chi connectivity index (χ1) is 10.6. The second kappa shape index (κ2) is 7.41. The summed E-state index contributed by atoms with van der Waals surface area (Å²) in [7, 11) is 0. The Labute approximate surface area is 129 Å². The number of carboxylic acids is 1. The summed E-state index contributed by atoms with van der Waals surface area (Å²) in [5, 5.41) is 11.9. The number of benzene rings is 2. The van der Waals surface area contributed by atoms with E-state index in [0.29, 0.717) is 0 Å². The minimum atomic E-state index is -1.02.